The first-order chi connectivity index (χ1) is 9.15. The van der Waals surface area contributed by atoms with Gasteiger partial charge in [-0.1, -0.05) is 19.9 Å². The van der Waals surface area contributed by atoms with Gasteiger partial charge in [-0.15, -0.1) is 0 Å². The Balaban J connectivity index is 2.83. The summed E-state index contributed by atoms with van der Waals surface area (Å²) in [5.74, 6) is 1.58. The molecule has 1 atom stereocenters. The van der Waals surface area contributed by atoms with E-state index in [0.717, 1.165) is 43.1 Å². The molecule has 4 heteroatoms. The summed E-state index contributed by atoms with van der Waals surface area (Å²) in [6, 6.07) is 5.74. The number of benzene rings is 1. The Labute approximate surface area is 116 Å². The highest BCUT2D eigenvalue weighted by Crippen LogP contribution is 2.28. The van der Waals surface area contributed by atoms with Crippen LogP contribution in [0, 0.1) is 0 Å². The molecule has 0 aliphatic heterocycles. The van der Waals surface area contributed by atoms with Gasteiger partial charge in [0.05, 0.1) is 14.2 Å². The van der Waals surface area contributed by atoms with Crippen molar-refractivity contribution in [3.05, 3.63) is 23.8 Å². The summed E-state index contributed by atoms with van der Waals surface area (Å²) >= 11 is 0. The molecule has 0 aliphatic carbocycles. The third kappa shape index (κ3) is 4.40. The van der Waals surface area contributed by atoms with Crippen LogP contribution >= 0.6 is 0 Å². The van der Waals surface area contributed by atoms with Crippen molar-refractivity contribution in [2.24, 2.45) is 5.73 Å². The molecule has 1 aromatic rings. The largest absolute Gasteiger partial charge is 0.497 e. The molecule has 0 spiro atoms. The molecule has 4 nitrogen and oxygen atoms in total. The number of nitrogens with zero attached hydrogens (tertiary/aromatic N) is 1. The first kappa shape index (κ1) is 15.8. The van der Waals surface area contributed by atoms with Gasteiger partial charge in [0.25, 0.3) is 0 Å². The molecule has 0 saturated carbocycles. The molecule has 0 amide bonds. The molecular weight excluding hydrogens is 240 g/mol. The van der Waals surface area contributed by atoms with Crippen LogP contribution in [0.1, 0.15) is 31.9 Å². The molecule has 108 valence electrons. The number of likely N-dealkylation sites (N-methyl/N-ethyl adjacent to an activating group) is 1. The van der Waals surface area contributed by atoms with E-state index in [1.54, 1.807) is 14.2 Å². The molecular formula is C15H26N2O2. The van der Waals surface area contributed by atoms with E-state index >= 15 is 0 Å². The van der Waals surface area contributed by atoms with Gasteiger partial charge in [0.1, 0.15) is 11.5 Å². The van der Waals surface area contributed by atoms with Gasteiger partial charge in [0, 0.05) is 24.2 Å². The average Bonchev–Trinajstić information content (AvgIpc) is 2.45. The van der Waals surface area contributed by atoms with Crippen molar-refractivity contribution in [2.75, 3.05) is 33.9 Å². The second kappa shape index (κ2) is 8.02. The minimum atomic E-state index is -0.0487. The topological polar surface area (TPSA) is 47.7 Å². The summed E-state index contributed by atoms with van der Waals surface area (Å²) in [7, 11) is 3.31. The number of rotatable bonds is 8. The summed E-state index contributed by atoms with van der Waals surface area (Å²) in [5.41, 5.74) is 7.33. The first-order valence-electron chi connectivity index (χ1n) is 6.86. The molecule has 0 saturated heterocycles. The van der Waals surface area contributed by atoms with Gasteiger partial charge in [-0.25, -0.2) is 0 Å². The quantitative estimate of drug-likeness (QED) is 0.785. The number of hydrogen-bond acceptors (Lipinski definition) is 4. The fourth-order valence-electron chi connectivity index (χ4n) is 2.20. The average molecular weight is 266 g/mol. The highest BCUT2D eigenvalue weighted by Gasteiger charge is 2.15. The van der Waals surface area contributed by atoms with E-state index in [9.17, 15) is 0 Å². The summed E-state index contributed by atoms with van der Waals surface area (Å²) in [6.07, 6.45) is 1.14. The smallest absolute Gasteiger partial charge is 0.127 e. The van der Waals surface area contributed by atoms with Crippen molar-refractivity contribution in [2.45, 2.75) is 26.3 Å². The molecule has 2 N–H and O–H groups in total. The van der Waals surface area contributed by atoms with E-state index in [1.165, 1.54) is 0 Å². The lowest BCUT2D eigenvalue weighted by atomic mass is 10.1. The maximum atomic E-state index is 6.31. The molecule has 1 aromatic carbocycles. The summed E-state index contributed by atoms with van der Waals surface area (Å²) in [5, 5.41) is 0. The van der Waals surface area contributed by atoms with Crippen LogP contribution in [-0.4, -0.2) is 38.8 Å². The number of nitrogens with two attached hydrogens (primary N) is 1. The van der Waals surface area contributed by atoms with Crippen molar-refractivity contribution in [1.82, 2.24) is 4.90 Å². The minimum absolute atomic E-state index is 0.0487. The van der Waals surface area contributed by atoms with Gasteiger partial charge in [-0.3, -0.25) is 0 Å². The van der Waals surface area contributed by atoms with Crippen LogP contribution in [0.3, 0.4) is 0 Å². The summed E-state index contributed by atoms with van der Waals surface area (Å²) in [4.78, 5) is 2.36. The zero-order chi connectivity index (χ0) is 14.3. The standard InChI is InChI=1S/C15H26N2O2/c1-5-9-17(6-2)11-14(16)13-8-7-12(18-3)10-15(13)19-4/h7-8,10,14H,5-6,9,11,16H2,1-4H3. The Kier molecular flexibility index (Phi) is 6.67. The molecule has 0 bridgehead atoms. The fourth-order valence-corrected chi connectivity index (χ4v) is 2.20. The highest BCUT2D eigenvalue weighted by atomic mass is 16.5. The van der Waals surface area contributed by atoms with Gasteiger partial charge < -0.3 is 20.1 Å². The van der Waals surface area contributed by atoms with Gasteiger partial charge in [-0.2, -0.15) is 0 Å². The lowest BCUT2D eigenvalue weighted by Crippen LogP contribution is -2.32. The normalized spacial score (nSPS) is 12.5. The van der Waals surface area contributed by atoms with Crippen LogP contribution in [0.25, 0.3) is 0 Å². The first-order valence-corrected chi connectivity index (χ1v) is 6.86. The van der Waals surface area contributed by atoms with Crippen molar-refractivity contribution in [1.29, 1.82) is 0 Å². The van der Waals surface area contributed by atoms with E-state index in [1.807, 2.05) is 18.2 Å². The summed E-state index contributed by atoms with van der Waals surface area (Å²) < 4.78 is 10.6. The SMILES string of the molecule is CCCN(CC)CC(N)c1ccc(OC)cc1OC. The highest BCUT2D eigenvalue weighted by molar-refractivity contribution is 5.42. The molecule has 0 fully saturated rings. The van der Waals surface area contributed by atoms with E-state index in [0.29, 0.717) is 0 Å². The molecule has 0 radical (unpaired) electrons. The van der Waals surface area contributed by atoms with E-state index < -0.39 is 0 Å². The Morgan fingerprint density at radius 1 is 1.21 bits per heavy atom. The van der Waals surface area contributed by atoms with Crippen molar-refractivity contribution in [3.8, 4) is 11.5 Å². The maximum Gasteiger partial charge on any atom is 0.127 e. The van der Waals surface area contributed by atoms with Crippen LogP contribution in [0.2, 0.25) is 0 Å². The van der Waals surface area contributed by atoms with Crippen molar-refractivity contribution >= 4 is 0 Å². The maximum absolute atomic E-state index is 6.31. The third-order valence-electron chi connectivity index (χ3n) is 3.28. The number of ether oxygens (including phenoxy) is 2. The van der Waals surface area contributed by atoms with Gasteiger partial charge in [-0.05, 0) is 25.6 Å². The fraction of sp³-hybridized carbons (Fsp3) is 0.600. The van der Waals surface area contributed by atoms with E-state index in [4.69, 9.17) is 15.2 Å². The molecule has 19 heavy (non-hydrogen) atoms. The Bertz CT molecular complexity index is 382. The zero-order valence-electron chi connectivity index (χ0n) is 12.5. The zero-order valence-corrected chi connectivity index (χ0v) is 12.5. The van der Waals surface area contributed by atoms with Crippen LogP contribution in [0.4, 0.5) is 0 Å². The van der Waals surface area contributed by atoms with Gasteiger partial charge in [0.15, 0.2) is 0 Å². The molecule has 1 rings (SSSR count). The minimum Gasteiger partial charge on any atom is -0.497 e. The van der Waals surface area contributed by atoms with Crippen LogP contribution in [-0.2, 0) is 0 Å². The van der Waals surface area contributed by atoms with E-state index in [2.05, 4.69) is 18.7 Å². The molecule has 0 heterocycles. The van der Waals surface area contributed by atoms with Crippen molar-refractivity contribution in [3.63, 3.8) is 0 Å². The Morgan fingerprint density at radius 3 is 2.47 bits per heavy atom. The predicted octanol–water partition coefficient (Wildman–Crippen LogP) is 2.44. The number of methoxy groups -OCH3 is 2. The Morgan fingerprint density at radius 2 is 1.95 bits per heavy atom. The molecule has 0 aromatic heterocycles. The monoisotopic (exact) mass is 266 g/mol. The Hall–Kier alpha value is -1.26. The second-order valence-electron chi connectivity index (χ2n) is 4.61. The lowest BCUT2D eigenvalue weighted by Gasteiger charge is -2.25. The third-order valence-corrected chi connectivity index (χ3v) is 3.28. The molecule has 1 unspecified atom stereocenters. The van der Waals surface area contributed by atoms with Crippen LogP contribution in [0.15, 0.2) is 18.2 Å². The van der Waals surface area contributed by atoms with Gasteiger partial charge in [0.2, 0.25) is 0 Å². The van der Waals surface area contributed by atoms with Crippen molar-refractivity contribution < 1.29 is 9.47 Å². The van der Waals surface area contributed by atoms with Crippen LogP contribution < -0.4 is 15.2 Å². The molecule has 0 aliphatic rings. The second-order valence-corrected chi connectivity index (χ2v) is 4.61. The number of hydrogen-bond donors (Lipinski definition) is 1. The van der Waals surface area contributed by atoms with E-state index in [-0.39, 0.29) is 6.04 Å². The van der Waals surface area contributed by atoms with Crippen LogP contribution in [0.5, 0.6) is 11.5 Å². The lowest BCUT2D eigenvalue weighted by molar-refractivity contribution is 0.268. The predicted molar refractivity (Wildman–Crippen MR) is 78.9 cm³/mol. The summed E-state index contributed by atoms with van der Waals surface area (Å²) in [6.45, 7) is 7.27. The van der Waals surface area contributed by atoms with Gasteiger partial charge >= 0.3 is 0 Å².